The number of carbonyl (C=O) groups excluding carboxylic acids is 3. The number of nitrogens with one attached hydrogen (secondary N) is 3. The summed E-state index contributed by atoms with van der Waals surface area (Å²) < 4.78 is 0. The molecule has 8 nitrogen and oxygen atoms in total. The molecule has 5 rings (SSSR count). The monoisotopic (exact) mass is 495 g/mol. The van der Waals surface area contributed by atoms with Gasteiger partial charge >= 0.3 is 6.03 Å². The number of benzene rings is 1. The van der Waals surface area contributed by atoms with Crippen molar-refractivity contribution in [3.05, 3.63) is 53.1 Å². The molecule has 3 fully saturated rings. The maximum Gasteiger partial charge on any atom is 0.326 e. The van der Waals surface area contributed by atoms with E-state index in [1.165, 1.54) is 23.4 Å². The van der Waals surface area contributed by atoms with Gasteiger partial charge in [0.05, 0.1) is 16.3 Å². The minimum atomic E-state index is -0.177. The Balaban J connectivity index is 1.37. The average molecular weight is 496 g/mol. The highest BCUT2D eigenvalue weighted by atomic mass is 32.2. The lowest BCUT2D eigenvalue weighted by molar-refractivity contribution is -0.128. The van der Waals surface area contributed by atoms with Crippen molar-refractivity contribution in [3.63, 3.8) is 0 Å². The van der Waals surface area contributed by atoms with Crippen LogP contribution in [0.25, 0.3) is 0 Å². The van der Waals surface area contributed by atoms with Crippen LogP contribution in [0.15, 0.2) is 47.5 Å². The van der Waals surface area contributed by atoms with E-state index < -0.39 is 0 Å². The maximum absolute atomic E-state index is 13.4. The molecule has 3 unspecified atom stereocenters. The molecule has 4 aliphatic rings. The first-order chi connectivity index (χ1) is 17.0. The van der Waals surface area contributed by atoms with E-state index >= 15 is 0 Å². The zero-order valence-electron chi connectivity index (χ0n) is 20.1. The van der Waals surface area contributed by atoms with Crippen LogP contribution < -0.4 is 20.9 Å². The van der Waals surface area contributed by atoms with E-state index in [0.717, 1.165) is 50.0 Å². The second-order valence-corrected chi connectivity index (χ2v) is 10.8. The maximum atomic E-state index is 13.4. The third kappa shape index (κ3) is 4.59. The highest BCUT2D eigenvalue weighted by molar-refractivity contribution is 8.04. The molecule has 35 heavy (non-hydrogen) atoms. The van der Waals surface area contributed by atoms with Crippen LogP contribution in [0, 0.1) is 5.92 Å². The van der Waals surface area contributed by atoms with Gasteiger partial charge < -0.3 is 20.9 Å². The average Bonchev–Trinajstić information content (AvgIpc) is 3.24. The SMILES string of the molecule is C=CC(=O)N1CCC[C@@H](NC(=O)C2=C3NC(=O)N(c4cccc(CCC)c4)C4CCNC(S2)C34)C1. The molecule has 0 radical (unpaired) electrons. The Hall–Kier alpha value is -2.78. The van der Waals surface area contributed by atoms with Crippen molar-refractivity contribution in [2.45, 2.75) is 56.5 Å². The van der Waals surface area contributed by atoms with E-state index in [-0.39, 0.29) is 41.2 Å². The number of amides is 4. The summed E-state index contributed by atoms with van der Waals surface area (Å²) in [6.45, 7) is 7.67. The lowest BCUT2D eigenvalue weighted by atomic mass is 9.86. The summed E-state index contributed by atoms with van der Waals surface area (Å²) in [5, 5.41) is 9.79. The number of nitrogens with zero attached hydrogens (tertiary/aromatic N) is 2. The van der Waals surface area contributed by atoms with Gasteiger partial charge in [-0.25, -0.2) is 4.79 Å². The largest absolute Gasteiger partial charge is 0.347 e. The van der Waals surface area contributed by atoms with Crippen molar-refractivity contribution in [2.75, 3.05) is 24.5 Å². The van der Waals surface area contributed by atoms with Crippen LogP contribution in [0.3, 0.4) is 0 Å². The van der Waals surface area contributed by atoms with E-state index in [0.29, 0.717) is 18.0 Å². The number of likely N-dealkylation sites (tertiary alicyclic amines) is 1. The predicted molar refractivity (Wildman–Crippen MR) is 138 cm³/mol. The molecule has 0 saturated carbocycles. The molecule has 4 atom stereocenters. The molecule has 9 heteroatoms. The van der Waals surface area contributed by atoms with Crippen molar-refractivity contribution in [1.82, 2.24) is 20.9 Å². The van der Waals surface area contributed by atoms with Gasteiger partial charge in [0.1, 0.15) is 0 Å². The Morgan fingerprint density at radius 1 is 1.31 bits per heavy atom. The molecule has 186 valence electrons. The zero-order chi connectivity index (χ0) is 24.5. The van der Waals surface area contributed by atoms with Gasteiger partial charge in [-0.3, -0.25) is 14.5 Å². The number of piperidine rings is 2. The van der Waals surface area contributed by atoms with E-state index in [9.17, 15) is 14.4 Å². The third-order valence-electron chi connectivity index (χ3n) is 7.32. The summed E-state index contributed by atoms with van der Waals surface area (Å²) in [6, 6.07) is 7.94. The molecule has 1 aromatic carbocycles. The number of hydrogen-bond donors (Lipinski definition) is 3. The first-order valence-electron chi connectivity index (χ1n) is 12.6. The van der Waals surface area contributed by atoms with Crippen LogP contribution in [-0.4, -0.2) is 59.8 Å². The van der Waals surface area contributed by atoms with Gasteiger partial charge in [-0.2, -0.15) is 0 Å². The van der Waals surface area contributed by atoms with Crippen molar-refractivity contribution >= 4 is 35.3 Å². The molecule has 0 bridgehead atoms. The summed E-state index contributed by atoms with van der Waals surface area (Å²) in [5.74, 6) is -0.259. The Bertz CT molecular complexity index is 1070. The second-order valence-electron chi connectivity index (χ2n) is 9.64. The van der Waals surface area contributed by atoms with Crippen LogP contribution in [0.1, 0.15) is 38.2 Å². The molecular formula is C26H33N5O3S. The van der Waals surface area contributed by atoms with Gasteiger partial charge in [0.15, 0.2) is 0 Å². The number of hydrogen-bond acceptors (Lipinski definition) is 5. The van der Waals surface area contributed by atoms with E-state index in [2.05, 4.69) is 41.6 Å². The van der Waals surface area contributed by atoms with Gasteiger partial charge in [-0.15, -0.1) is 0 Å². The first-order valence-corrected chi connectivity index (χ1v) is 13.4. The van der Waals surface area contributed by atoms with Crippen molar-refractivity contribution in [3.8, 4) is 0 Å². The number of anilines is 1. The first kappa shape index (κ1) is 23.9. The minimum absolute atomic E-state index is 0.00457. The Morgan fingerprint density at radius 3 is 2.97 bits per heavy atom. The van der Waals surface area contributed by atoms with Crippen LogP contribution in [0.4, 0.5) is 10.5 Å². The fourth-order valence-corrected chi connectivity index (χ4v) is 7.15. The lowest BCUT2D eigenvalue weighted by Gasteiger charge is -2.45. The zero-order valence-corrected chi connectivity index (χ0v) is 20.9. The summed E-state index contributed by atoms with van der Waals surface area (Å²) in [7, 11) is 0. The summed E-state index contributed by atoms with van der Waals surface area (Å²) in [5.41, 5.74) is 2.87. The predicted octanol–water partition coefficient (Wildman–Crippen LogP) is 2.72. The summed E-state index contributed by atoms with van der Waals surface area (Å²) in [6.07, 6.45) is 5.83. The molecule has 0 aromatic heterocycles. The topological polar surface area (TPSA) is 93.8 Å². The molecule has 3 saturated heterocycles. The molecular weight excluding hydrogens is 462 g/mol. The van der Waals surface area contributed by atoms with Crippen LogP contribution >= 0.6 is 11.8 Å². The number of urea groups is 1. The van der Waals surface area contributed by atoms with Crippen LogP contribution in [0.5, 0.6) is 0 Å². The van der Waals surface area contributed by atoms with Gasteiger partial charge in [-0.1, -0.05) is 43.8 Å². The quantitative estimate of drug-likeness (QED) is 0.528. The summed E-state index contributed by atoms with van der Waals surface area (Å²) >= 11 is 1.51. The molecule has 1 aromatic rings. The normalized spacial score (nSPS) is 27.9. The Labute approximate surface area is 210 Å². The number of aryl methyl sites for hydroxylation is 1. The Kier molecular flexibility index (Phi) is 6.88. The second kappa shape index (κ2) is 10.1. The Morgan fingerprint density at radius 2 is 2.17 bits per heavy atom. The number of rotatable bonds is 6. The van der Waals surface area contributed by atoms with Gasteiger partial charge in [0.2, 0.25) is 5.91 Å². The molecule has 0 aliphatic carbocycles. The number of carbonyl (C=O) groups is 3. The third-order valence-corrected chi connectivity index (χ3v) is 8.67. The number of thioether (sulfide) groups is 1. The van der Waals surface area contributed by atoms with Crippen molar-refractivity contribution < 1.29 is 14.4 Å². The molecule has 4 heterocycles. The van der Waals surface area contributed by atoms with Crippen LogP contribution in [-0.2, 0) is 16.0 Å². The van der Waals surface area contributed by atoms with Crippen molar-refractivity contribution in [2.24, 2.45) is 5.92 Å². The fraction of sp³-hybridized carbons (Fsp3) is 0.500. The summed E-state index contributed by atoms with van der Waals surface area (Å²) in [4.78, 5) is 43.0. The minimum Gasteiger partial charge on any atom is -0.347 e. The van der Waals surface area contributed by atoms with E-state index in [4.69, 9.17) is 0 Å². The highest BCUT2D eigenvalue weighted by Gasteiger charge is 2.51. The smallest absolute Gasteiger partial charge is 0.326 e. The fourth-order valence-electron chi connectivity index (χ4n) is 5.75. The van der Waals surface area contributed by atoms with Gasteiger partial charge in [0, 0.05) is 36.4 Å². The van der Waals surface area contributed by atoms with Crippen molar-refractivity contribution in [1.29, 1.82) is 0 Å². The molecule has 3 N–H and O–H groups in total. The van der Waals surface area contributed by atoms with E-state index in [1.807, 2.05) is 17.0 Å². The standard InChI is InChI=1S/C26H33N5O3S/c1-3-7-16-8-5-10-18(14-16)31-19-11-12-27-25-21(19)22(29-26(31)34)23(35-25)24(33)28-17-9-6-13-30(15-17)20(32)4-2/h4-5,8,10,14,17,19,21,25,27H,2-3,6-7,9,11-13,15H2,1H3,(H,28,33)(H,29,34)/t17-,19?,21?,25?/m1/s1. The van der Waals surface area contributed by atoms with Gasteiger partial charge in [-0.05, 0) is 56.0 Å². The van der Waals surface area contributed by atoms with Gasteiger partial charge in [0.25, 0.3) is 5.91 Å². The van der Waals surface area contributed by atoms with E-state index in [1.54, 1.807) is 4.90 Å². The highest BCUT2D eigenvalue weighted by Crippen LogP contribution is 2.48. The molecule has 0 spiro atoms. The molecule has 4 aliphatic heterocycles. The lowest BCUT2D eigenvalue weighted by Crippen LogP contribution is -2.62. The van der Waals surface area contributed by atoms with Crippen LogP contribution in [0.2, 0.25) is 0 Å². The molecule has 4 amide bonds.